The number of hydrogen-bond donors (Lipinski definition) is 1. The number of rotatable bonds is 8. The standard InChI is InChI=1S/C26H27NO3/c1-3-4-9-25(28)27(22-16-10-19(2)11-17-22)18-20-12-14-21(15-13-20)23-7-5-6-8-24(23)26(29)30/h5-8,10-17H,3-4,9,18H2,1-2H3,(H,29,30). The van der Waals surface area contributed by atoms with Crippen molar-refractivity contribution in [3.8, 4) is 11.1 Å². The molecular formula is C26H27NO3. The van der Waals surface area contributed by atoms with Crippen LogP contribution in [0.15, 0.2) is 72.8 Å². The summed E-state index contributed by atoms with van der Waals surface area (Å²) in [6, 6.07) is 22.7. The zero-order chi connectivity index (χ0) is 21.5. The smallest absolute Gasteiger partial charge is 0.336 e. The zero-order valence-electron chi connectivity index (χ0n) is 17.5. The number of amides is 1. The maximum atomic E-state index is 12.9. The minimum absolute atomic E-state index is 0.112. The van der Waals surface area contributed by atoms with Gasteiger partial charge in [-0.25, -0.2) is 4.79 Å². The van der Waals surface area contributed by atoms with Gasteiger partial charge in [-0.15, -0.1) is 0 Å². The molecule has 0 saturated carbocycles. The number of aryl methyl sites for hydroxylation is 1. The predicted octanol–water partition coefficient (Wildman–Crippen LogP) is 6.08. The van der Waals surface area contributed by atoms with Crippen molar-refractivity contribution in [2.45, 2.75) is 39.7 Å². The van der Waals surface area contributed by atoms with Crippen LogP contribution in [0.25, 0.3) is 11.1 Å². The summed E-state index contributed by atoms with van der Waals surface area (Å²) in [7, 11) is 0. The number of unbranched alkanes of at least 4 members (excludes halogenated alkanes) is 1. The number of carboxylic acid groups (broad SMARTS) is 1. The molecule has 0 radical (unpaired) electrons. The van der Waals surface area contributed by atoms with Gasteiger partial charge in [0.05, 0.1) is 12.1 Å². The number of carbonyl (C=O) groups excluding carboxylic acids is 1. The molecule has 0 saturated heterocycles. The molecule has 3 aromatic carbocycles. The maximum absolute atomic E-state index is 12.9. The first-order valence-corrected chi connectivity index (χ1v) is 10.3. The molecule has 154 valence electrons. The average Bonchev–Trinajstić information content (AvgIpc) is 2.77. The Bertz CT molecular complexity index is 1010. The predicted molar refractivity (Wildman–Crippen MR) is 121 cm³/mol. The van der Waals surface area contributed by atoms with Gasteiger partial charge in [-0.1, -0.05) is 73.5 Å². The summed E-state index contributed by atoms with van der Waals surface area (Å²) < 4.78 is 0. The first kappa shape index (κ1) is 21.3. The third-order valence-corrected chi connectivity index (χ3v) is 5.15. The van der Waals surface area contributed by atoms with E-state index in [4.69, 9.17) is 0 Å². The summed E-state index contributed by atoms with van der Waals surface area (Å²) in [5.74, 6) is -0.831. The van der Waals surface area contributed by atoms with Crippen molar-refractivity contribution >= 4 is 17.6 Å². The second kappa shape index (κ2) is 9.88. The van der Waals surface area contributed by atoms with Crippen LogP contribution in [0.3, 0.4) is 0 Å². The van der Waals surface area contributed by atoms with Crippen LogP contribution in [0.5, 0.6) is 0 Å². The van der Waals surface area contributed by atoms with E-state index < -0.39 is 5.97 Å². The van der Waals surface area contributed by atoms with Crippen molar-refractivity contribution in [2.24, 2.45) is 0 Å². The van der Waals surface area contributed by atoms with Gasteiger partial charge in [-0.2, -0.15) is 0 Å². The van der Waals surface area contributed by atoms with Crippen molar-refractivity contribution in [1.82, 2.24) is 0 Å². The number of anilines is 1. The molecule has 0 heterocycles. The molecule has 1 N–H and O–H groups in total. The molecule has 0 aliphatic carbocycles. The summed E-state index contributed by atoms with van der Waals surface area (Å²) in [5, 5.41) is 9.43. The molecule has 0 bridgehead atoms. The molecule has 4 heteroatoms. The lowest BCUT2D eigenvalue weighted by Crippen LogP contribution is -2.30. The molecule has 1 amide bonds. The fourth-order valence-corrected chi connectivity index (χ4v) is 3.40. The van der Waals surface area contributed by atoms with Gasteiger partial charge < -0.3 is 10.0 Å². The Morgan fingerprint density at radius 3 is 2.20 bits per heavy atom. The summed E-state index contributed by atoms with van der Waals surface area (Å²) in [6.45, 7) is 4.59. The molecule has 0 fully saturated rings. The lowest BCUT2D eigenvalue weighted by Gasteiger charge is -2.23. The molecule has 0 unspecified atom stereocenters. The van der Waals surface area contributed by atoms with Crippen molar-refractivity contribution < 1.29 is 14.7 Å². The SMILES string of the molecule is CCCCC(=O)N(Cc1ccc(-c2ccccc2C(=O)O)cc1)c1ccc(C)cc1. The van der Waals surface area contributed by atoms with Gasteiger partial charge in [-0.3, -0.25) is 4.79 Å². The summed E-state index contributed by atoms with van der Waals surface area (Å²) in [4.78, 5) is 26.2. The van der Waals surface area contributed by atoms with E-state index in [-0.39, 0.29) is 11.5 Å². The van der Waals surface area contributed by atoms with E-state index in [1.807, 2.05) is 72.5 Å². The molecule has 3 rings (SSSR count). The number of carboxylic acids is 1. The molecule has 0 spiro atoms. The van der Waals surface area contributed by atoms with Crippen LogP contribution in [0, 0.1) is 6.92 Å². The first-order chi connectivity index (χ1) is 14.5. The largest absolute Gasteiger partial charge is 0.478 e. The van der Waals surface area contributed by atoms with Crippen LogP contribution in [-0.2, 0) is 11.3 Å². The molecule has 0 aromatic heterocycles. The lowest BCUT2D eigenvalue weighted by atomic mass is 9.98. The normalized spacial score (nSPS) is 10.6. The quantitative estimate of drug-likeness (QED) is 0.497. The number of hydrogen-bond acceptors (Lipinski definition) is 2. The zero-order valence-corrected chi connectivity index (χ0v) is 17.5. The van der Waals surface area contributed by atoms with Gasteiger partial charge >= 0.3 is 5.97 Å². The van der Waals surface area contributed by atoms with Crippen molar-refractivity contribution in [1.29, 1.82) is 0 Å². The molecule has 3 aromatic rings. The van der Waals surface area contributed by atoms with Crippen molar-refractivity contribution in [2.75, 3.05) is 4.90 Å². The number of aromatic carboxylic acids is 1. The average molecular weight is 402 g/mol. The highest BCUT2D eigenvalue weighted by molar-refractivity contribution is 5.96. The van der Waals surface area contributed by atoms with Gasteiger partial charge in [0, 0.05) is 12.1 Å². The number of nitrogens with zero attached hydrogens (tertiary/aromatic N) is 1. The van der Waals surface area contributed by atoms with E-state index >= 15 is 0 Å². The lowest BCUT2D eigenvalue weighted by molar-refractivity contribution is -0.118. The van der Waals surface area contributed by atoms with Crippen LogP contribution in [0.4, 0.5) is 5.69 Å². The number of carbonyl (C=O) groups is 2. The Morgan fingerprint density at radius 2 is 1.57 bits per heavy atom. The monoisotopic (exact) mass is 401 g/mol. The Kier molecular flexibility index (Phi) is 7.02. The molecule has 0 atom stereocenters. The topological polar surface area (TPSA) is 57.6 Å². The fraction of sp³-hybridized carbons (Fsp3) is 0.231. The summed E-state index contributed by atoms with van der Waals surface area (Å²) in [6.07, 6.45) is 2.37. The van der Waals surface area contributed by atoms with E-state index in [1.165, 1.54) is 0 Å². The molecular weight excluding hydrogens is 374 g/mol. The highest BCUT2D eigenvalue weighted by Crippen LogP contribution is 2.26. The van der Waals surface area contributed by atoms with E-state index in [0.29, 0.717) is 18.5 Å². The van der Waals surface area contributed by atoms with Gasteiger partial charge in [0.2, 0.25) is 5.91 Å². The van der Waals surface area contributed by atoms with Gasteiger partial charge in [0.15, 0.2) is 0 Å². The molecule has 0 aliphatic rings. The van der Waals surface area contributed by atoms with Crippen molar-refractivity contribution in [3.05, 3.63) is 89.5 Å². The Morgan fingerprint density at radius 1 is 0.900 bits per heavy atom. The van der Waals surface area contributed by atoms with Crippen molar-refractivity contribution in [3.63, 3.8) is 0 Å². The maximum Gasteiger partial charge on any atom is 0.336 e. The van der Waals surface area contributed by atoms with Crippen LogP contribution in [0.2, 0.25) is 0 Å². The van der Waals surface area contributed by atoms with Crippen LogP contribution < -0.4 is 4.90 Å². The minimum Gasteiger partial charge on any atom is -0.478 e. The third kappa shape index (κ3) is 5.15. The Hall–Kier alpha value is -3.40. The third-order valence-electron chi connectivity index (χ3n) is 5.15. The van der Waals surface area contributed by atoms with Gasteiger partial charge in [0.1, 0.15) is 0 Å². The second-order valence-corrected chi connectivity index (χ2v) is 7.47. The van der Waals surface area contributed by atoms with E-state index in [1.54, 1.807) is 12.1 Å². The van der Waals surface area contributed by atoms with E-state index in [9.17, 15) is 14.7 Å². The Labute approximate surface area is 177 Å². The van der Waals surface area contributed by atoms with Gasteiger partial charge in [0.25, 0.3) is 0 Å². The van der Waals surface area contributed by atoms with Gasteiger partial charge in [-0.05, 0) is 48.2 Å². The molecule has 0 aliphatic heterocycles. The highest BCUT2D eigenvalue weighted by atomic mass is 16.4. The fourth-order valence-electron chi connectivity index (χ4n) is 3.40. The number of benzene rings is 3. The van der Waals surface area contributed by atoms with E-state index in [0.717, 1.165) is 35.2 Å². The van der Waals surface area contributed by atoms with Crippen LogP contribution in [0.1, 0.15) is 47.7 Å². The summed E-state index contributed by atoms with van der Waals surface area (Å²) in [5.41, 5.74) is 4.85. The van der Waals surface area contributed by atoms with E-state index in [2.05, 4.69) is 6.92 Å². The molecule has 30 heavy (non-hydrogen) atoms. The minimum atomic E-state index is -0.943. The van der Waals surface area contributed by atoms with Crippen LogP contribution in [-0.4, -0.2) is 17.0 Å². The summed E-state index contributed by atoms with van der Waals surface area (Å²) >= 11 is 0. The molecule has 4 nitrogen and oxygen atoms in total. The highest BCUT2D eigenvalue weighted by Gasteiger charge is 2.16. The van der Waals surface area contributed by atoms with Crippen LogP contribution >= 0.6 is 0 Å². The second-order valence-electron chi connectivity index (χ2n) is 7.47. The Balaban J connectivity index is 1.85. The first-order valence-electron chi connectivity index (χ1n) is 10.3.